The second kappa shape index (κ2) is 11.1. The van der Waals surface area contributed by atoms with E-state index in [1.807, 2.05) is 4.90 Å². The molecule has 7 nitrogen and oxygen atoms in total. The zero-order valence-electron chi connectivity index (χ0n) is 18.7. The van der Waals surface area contributed by atoms with Crippen molar-refractivity contribution >= 4 is 29.2 Å². The summed E-state index contributed by atoms with van der Waals surface area (Å²) in [4.78, 5) is 38.7. The number of anilines is 2. The Labute approximate surface area is 195 Å². The molecule has 2 aromatic rings. The van der Waals surface area contributed by atoms with Crippen LogP contribution in [0.3, 0.4) is 0 Å². The number of carbonyl (C=O) groups excluding carboxylic acids is 3. The fourth-order valence-corrected chi connectivity index (χ4v) is 3.71. The Balaban J connectivity index is 1.54. The normalized spacial score (nSPS) is 14.9. The Kier molecular flexibility index (Phi) is 8.27. The Morgan fingerprint density at radius 2 is 1.65 bits per heavy atom. The molecule has 0 aromatic heterocycles. The van der Waals surface area contributed by atoms with Crippen molar-refractivity contribution < 1.29 is 32.3 Å². The summed E-state index contributed by atoms with van der Waals surface area (Å²) in [6.45, 7) is 3.43. The van der Waals surface area contributed by atoms with E-state index in [-0.39, 0.29) is 35.6 Å². The Hall–Kier alpha value is -3.40. The van der Waals surface area contributed by atoms with Crippen LogP contribution in [0.15, 0.2) is 48.5 Å². The maximum atomic E-state index is 12.9. The van der Waals surface area contributed by atoms with E-state index in [1.165, 1.54) is 24.3 Å². The van der Waals surface area contributed by atoms with Crippen molar-refractivity contribution in [2.45, 2.75) is 25.9 Å². The standard InChI is InChI=1S/C24H26F3N3O4/c1-2-34-23(33)16-9-11-30(12-10-16)15-21(31)28-19-7-3-5-17(13-19)22(32)29-20-8-4-6-18(14-20)24(25,26)27/h3-8,13-14,16H,2,9-12,15H2,1H3,(H,28,31)(H,29,32). The molecule has 1 fully saturated rings. The molecule has 2 amide bonds. The summed E-state index contributed by atoms with van der Waals surface area (Å²) in [6, 6.07) is 10.5. The van der Waals surface area contributed by atoms with Gasteiger partial charge in [-0.25, -0.2) is 0 Å². The van der Waals surface area contributed by atoms with E-state index in [0.29, 0.717) is 38.2 Å². The van der Waals surface area contributed by atoms with Gasteiger partial charge in [-0.2, -0.15) is 13.2 Å². The van der Waals surface area contributed by atoms with Crippen LogP contribution in [0, 0.1) is 5.92 Å². The van der Waals surface area contributed by atoms with Gasteiger partial charge in [-0.05, 0) is 69.3 Å². The van der Waals surface area contributed by atoms with E-state index in [9.17, 15) is 27.6 Å². The molecule has 34 heavy (non-hydrogen) atoms. The number of esters is 1. The van der Waals surface area contributed by atoms with Crippen LogP contribution < -0.4 is 10.6 Å². The van der Waals surface area contributed by atoms with Crippen LogP contribution >= 0.6 is 0 Å². The summed E-state index contributed by atoms with van der Waals surface area (Å²) in [5.41, 5.74) is -0.272. The summed E-state index contributed by atoms with van der Waals surface area (Å²) >= 11 is 0. The Morgan fingerprint density at radius 3 is 2.29 bits per heavy atom. The molecule has 0 unspecified atom stereocenters. The molecule has 10 heteroatoms. The van der Waals surface area contributed by atoms with E-state index in [1.54, 1.807) is 19.1 Å². The van der Waals surface area contributed by atoms with Crippen LogP contribution in [0.1, 0.15) is 35.7 Å². The molecule has 0 radical (unpaired) electrons. The lowest BCUT2D eigenvalue weighted by Crippen LogP contribution is -2.41. The second-order valence-corrected chi connectivity index (χ2v) is 7.96. The summed E-state index contributed by atoms with van der Waals surface area (Å²) < 4.78 is 43.7. The van der Waals surface area contributed by atoms with Crippen molar-refractivity contribution in [1.82, 2.24) is 4.90 Å². The van der Waals surface area contributed by atoms with Gasteiger partial charge >= 0.3 is 12.1 Å². The van der Waals surface area contributed by atoms with Gasteiger partial charge in [0.1, 0.15) is 0 Å². The number of piperidine rings is 1. The van der Waals surface area contributed by atoms with E-state index < -0.39 is 17.6 Å². The Bertz CT molecular complexity index is 1030. The van der Waals surface area contributed by atoms with Crippen LogP contribution in [-0.2, 0) is 20.5 Å². The number of amides is 2. The number of ether oxygens (including phenoxy) is 1. The third-order valence-electron chi connectivity index (χ3n) is 5.43. The van der Waals surface area contributed by atoms with Gasteiger partial charge in [0.15, 0.2) is 0 Å². The third-order valence-corrected chi connectivity index (χ3v) is 5.43. The van der Waals surface area contributed by atoms with Crippen molar-refractivity contribution in [3.63, 3.8) is 0 Å². The number of rotatable bonds is 7. The molecule has 0 spiro atoms. The number of likely N-dealkylation sites (tertiary alicyclic amines) is 1. The minimum Gasteiger partial charge on any atom is -0.466 e. The predicted molar refractivity (Wildman–Crippen MR) is 120 cm³/mol. The molecule has 0 saturated carbocycles. The molecule has 3 rings (SSSR count). The number of halogens is 3. The number of hydrogen-bond donors (Lipinski definition) is 2. The summed E-state index contributed by atoms with van der Waals surface area (Å²) in [7, 11) is 0. The lowest BCUT2D eigenvalue weighted by molar-refractivity contribution is -0.149. The molecule has 182 valence electrons. The van der Waals surface area contributed by atoms with Crippen LogP contribution in [0.2, 0.25) is 0 Å². The third kappa shape index (κ3) is 7.05. The molecule has 1 aliphatic heterocycles. The quantitative estimate of drug-likeness (QED) is 0.585. The average Bonchev–Trinajstić information content (AvgIpc) is 2.79. The number of nitrogens with zero attached hydrogens (tertiary/aromatic N) is 1. The van der Waals surface area contributed by atoms with Gasteiger partial charge < -0.3 is 15.4 Å². The molecule has 2 N–H and O–H groups in total. The van der Waals surface area contributed by atoms with Gasteiger partial charge in [-0.1, -0.05) is 12.1 Å². The van der Waals surface area contributed by atoms with Gasteiger partial charge in [0, 0.05) is 16.9 Å². The van der Waals surface area contributed by atoms with Crippen molar-refractivity contribution in [1.29, 1.82) is 0 Å². The molecule has 1 heterocycles. The minimum absolute atomic E-state index is 0.0143. The van der Waals surface area contributed by atoms with E-state index in [0.717, 1.165) is 12.1 Å². The molecule has 1 saturated heterocycles. The summed E-state index contributed by atoms with van der Waals surface area (Å²) in [5.74, 6) is -1.22. The zero-order valence-corrected chi connectivity index (χ0v) is 18.7. The van der Waals surface area contributed by atoms with Crippen molar-refractivity contribution in [2.75, 3.05) is 36.9 Å². The summed E-state index contributed by atoms with van der Waals surface area (Å²) in [5, 5.41) is 5.17. The second-order valence-electron chi connectivity index (χ2n) is 7.96. The fraction of sp³-hybridized carbons (Fsp3) is 0.375. The number of carbonyl (C=O) groups is 3. The first-order valence-electron chi connectivity index (χ1n) is 10.9. The maximum Gasteiger partial charge on any atom is 0.416 e. The largest absolute Gasteiger partial charge is 0.466 e. The average molecular weight is 477 g/mol. The molecule has 2 aromatic carbocycles. The zero-order chi connectivity index (χ0) is 24.7. The van der Waals surface area contributed by atoms with E-state index in [4.69, 9.17) is 4.74 Å². The van der Waals surface area contributed by atoms with Gasteiger partial charge in [0.25, 0.3) is 5.91 Å². The molecule has 0 aliphatic carbocycles. The molecule has 1 aliphatic rings. The number of nitrogens with one attached hydrogen (secondary N) is 2. The van der Waals surface area contributed by atoms with Crippen LogP contribution in [0.4, 0.5) is 24.5 Å². The van der Waals surface area contributed by atoms with E-state index in [2.05, 4.69) is 10.6 Å². The number of benzene rings is 2. The van der Waals surface area contributed by atoms with E-state index >= 15 is 0 Å². The molecular weight excluding hydrogens is 451 g/mol. The first kappa shape index (κ1) is 25.2. The molecule has 0 atom stereocenters. The van der Waals surface area contributed by atoms with Gasteiger partial charge in [-0.15, -0.1) is 0 Å². The van der Waals surface area contributed by atoms with Gasteiger partial charge in [0.2, 0.25) is 5.91 Å². The van der Waals surface area contributed by atoms with Crippen LogP contribution in [0.25, 0.3) is 0 Å². The van der Waals surface area contributed by atoms with Gasteiger partial charge in [-0.3, -0.25) is 19.3 Å². The Morgan fingerprint density at radius 1 is 1.00 bits per heavy atom. The first-order chi connectivity index (χ1) is 16.2. The molecule has 0 bridgehead atoms. The van der Waals surface area contributed by atoms with Gasteiger partial charge in [0.05, 0.1) is 24.6 Å². The summed E-state index contributed by atoms with van der Waals surface area (Å²) in [6.07, 6.45) is -3.27. The number of alkyl halides is 3. The van der Waals surface area contributed by atoms with Crippen molar-refractivity contribution in [3.8, 4) is 0 Å². The smallest absolute Gasteiger partial charge is 0.416 e. The monoisotopic (exact) mass is 477 g/mol. The number of hydrogen-bond acceptors (Lipinski definition) is 5. The lowest BCUT2D eigenvalue weighted by Gasteiger charge is -2.30. The SMILES string of the molecule is CCOC(=O)C1CCN(CC(=O)Nc2cccc(C(=O)Nc3cccc(C(F)(F)F)c3)c2)CC1. The minimum atomic E-state index is -4.51. The molecular formula is C24H26F3N3O4. The highest BCUT2D eigenvalue weighted by molar-refractivity contribution is 6.05. The predicted octanol–water partition coefficient (Wildman–Crippen LogP) is 4.17. The van der Waals surface area contributed by atoms with Crippen molar-refractivity contribution in [3.05, 3.63) is 59.7 Å². The topological polar surface area (TPSA) is 87.7 Å². The highest BCUT2D eigenvalue weighted by atomic mass is 19.4. The first-order valence-corrected chi connectivity index (χ1v) is 10.9. The lowest BCUT2D eigenvalue weighted by atomic mass is 9.97. The van der Waals surface area contributed by atoms with Crippen molar-refractivity contribution in [2.24, 2.45) is 5.92 Å². The maximum absolute atomic E-state index is 12.9. The van der Waals surface area contributed by atoms with Crippen LogP contribution in [0.5, 0.6) is 0 Å². The highest BCUT2D eigenvalue weighted by Gasteiger charge is 2.30. The van der Waals surface area contributed by atoms with Crippen LogP contribution in [-0.4, -0.2) is 48.9 Å². The highest BCUT2D eigenvalue weighted by Crippen LogP contribution is 2.30. The fourth-order valence-electron chi connectivity index (χ4n) is 3.71.